The third kappa shape index (κ3) is 1.26. The van der Waals surface area contributed by atoms with Crippen molar-refractivity contribution in [2.75, 3.05) is 20.3 Å². The minimum atomic E-state index is -0.188. The molecule has 2 aliphatic rings. The average Bonchev–Trinajstić information content (AvgIpc) is 2.70. The SMILES string of the molecule is COc1ccc2c(c1)CCN1C(=O)OC[C@H]21. The lowest BCUT2D eigenvalue weighted by molar-refractivity contribution is 0.157. The molecule has 0 spiro atoms. The van der Waals surface area contributed by atoms with Crippen LogP contribution in [0.5, 0.6) is 5.75 Å². The van der Waals surface area contributed by atoms with Crippen LogP contribution in [0.3, 0.4) is 0 Å². The van der Waals surface area contributed by atoms with Crippen molar-refractivity contribution in [1.82, 2.24) is 4.90 Å². The highest BCUT2D eigenvalue weighted by atomic mass is 16.6. The van der Waals surface area contributed by atoms with E-state index in [9.17, 15) is 4.79 Å². The van der Waals surface area contributed by atoms with E-state index < -0.39 is 0 Å². The number of hydrogen-bond donors (Lipinski definition) is 0. The Kier molecular flexibility index (Phi) is 2.02. The standard InChI is InChI=1S/C12H13NO3/c1-15-9-2-3-10-8(6-9)4-5-13-11(10)7-16-12(13)14/h2-3,6,11H,4-5,7H2,1H3/t11-/m1/s1. The molecule has 16 heavy (non-hydrogen) atoms. The Hall–Kier alpha value is -1.71. The van der Waals surface area contributed by atoms with Gasteiger partial charge in [-0.05, 0) is 29.7 Å². The number of carbonyl (C=O) groups is 1. The minimum Gasteiger partial charge on any atom is -0.497 e. The Morgan fingerprint density at radius 2 is 2.38 bits per heavy atom. The van der Waals surface area contributed by atoms with Gasteiger partial charge in [0.05, 0.1) is 13.2 Å². The number of amides is 1. The van der Waals surface area contributed by atoms with Crippen molar-refractivity contribution in [2.24, 2.45) is 0 Å². The molecular weight excluding hydrogens is 206 g/mol. The maximum absolute atomic E-state index is 11.4. The molecule has 1 fully saturated rings. The molecule has 1 aromatic carbocycles. The van der Waals surface area contributed by atoms with E-state index in [-0.39, 0.29) is 12.1 Å². The summed E-state index contributed by atoms with van der Waals surface area (Å²) in [6.45, 7) is 1.21. The summed E-state index contributed by atoms with van der Waals surface area (Å²) in [5.74, 6) is 0.873. The highest BCUT2D eigenvalue weighted by Crippen LogP contribution is 2.35. The maximum atomic E-state index is 11.4. The van der Waals surface area contributed by atoms with Gasteiger partial charge in [0.2, 0.25) is 0 Å². The van der Waals surface area contributed by atoms with Gasteiger partial charge in [0.1, 0.15) is 12.4 Å². The lowest BCUT2D eigenvalue weighted by Gasteiger charge is -2.29. The monoisotopic (exact) mass is 219 g/mol. The zero-order valence-electron chi connectivity index (χ0n) is 9.10. The van der Waals surface area contributed by atoms with Crippen molar-refractivity contribution in [2.45, 2.75) is 12.5 Å². The van der Waals surface area contributed by atoms with Crippen LogP contribution < -0.4 is 4.74 Å². The van der Waals surface area contributed by atoms with E-state index in [1.807, 2.05) is 12.1 Å². The summed E-state index contributed by atoms with van der Waals surface area (Å²) in [6, 6.07) is 6.12. The first-order valence-electron chi connectivity index (χ1n) is 5.40. The van der Waals surface area contributed by atoms with Crippen molar-refractivity contribution < 1.29 is 14.3 Å². The lowest BCUT2D eigenvalue weighted by atomic mass is 9.93. The molecule has 2 heterocycles. The largest absolute Gasteiger partial charge is 0.497 e. The molecule has 0 aromatic heterocycles. The number of ether oxygens (including phenoxy) is 2. The van der Waals surface area contributed by atoms with Crippen LogP contribution in [0.4, 0.5) is 4.79 Å². The predicted molar refractivity (Wildman–Crippen MR) is 57.5 cm³/mol. The first-order chi connectivity index (χ1) is 7.79. The van der Waals surface area contributed by atoms with E-state index in [1.54, 1.807) is 12.0 Å². The maximum Gasteiger partial charge on any atom is 0.410 e. The summed E-state index contributed by atoms with van der Waals surface area (Å²) < 4.78 is 10.3. The van der Waals surface area contributed by atoms with E-state index in [2.05, 4.69) is 6.07 Å². The Morgan fingerprint density at radius 1 is 1.50 bits per heavy atom. The predicted octanol–water partition coefficient (Wildman–Crippen LogP) is 1.74. The van der Waals surface area contributed by atoms with Gasteiger partial charge in [0, 0.05) is 6.54 Å². The second-order valence-electron chi connectivity index (χ2n) is 4.10. The number of rotatable bonds is 1. The summed E-state index contributed by atoms with van der Waals surface area (Å²) in [6.07, 6.45) is 0.685. The fourth-order valence-corrected chi connectivity index (χ4v) is 2.45. The Bertz CT molecular complexity index is 444. The van der Waals surface area contributed by atoms with Gasteiger partial charge >= 0.3 is 6.09 Å². The van der Waals surface area contributed by atoms with Gasteiger partial charge in [-0.25, -0.2) is 4.79 Å². The van der Waals surface area contributed by atoms with Gasteiger partial charge in [-0.3, -0.25) is 4.90 Å². The first kappa shape index (κ1) is 9.51. The molecule has 0 radical (unpaired) electrons. The van der Waals surface area contributed by atoms with Crippen LogP contribution >= 0.6 is 0 Å². The Morgan fingerprint density at radius 3 is 3.19 bits per heavy atom. The fourth-order valence-electron chi connectivity index (χ4n) is 2.45. The van der Waals surface area contributed by atoms with Crippen LogP contribution in [0, 0.1) is 0 Å². The summed E-state index contributed by atoms with van der Waals surface area (Å²) in [4.78, 5) is 13.2. The number of cyclic esters (lactones) is 1. The Balaban J connectivity index is 2.01. The quantitative estimate of drug-likeness (QED) is 0.722. The number of carbonyl (C=O) groups excluding carboxylic acids is 1. The number of fused-ring (bicyclic) bond motifs is 3. The third-order valence-electron chi connectivity index (χ3n) is 3.31. The van der Waals surface area contributed by atoms with E-state index in [4.69, 9.17) is 9.47 Å². The van der Waals surface area contributed by atoms with Gasteiger partial charge in [0.15, 0.2) is 0 Å². The van der Waals surface area contributed by atoms with Crippen LogP contribution in [-0.4, -0.2) is 31.3 Å². The van der Waals surface area contributed by atoms with Crippen molar-refractivity contribution in [3.63, 3.8) is 0 Å². The molecule has 2 aliphatic heterocycles. The zero-order chi connectivity index (χ0) is 11.1. The van der Waals surface area contributed by atoms with Crippen molar-refractivity contribution in [3.8, 4) is 5.75 Å². The van der Waals surface area contributed by atoms with Crippen LogP contribution in [0.2, 0.25) is 0 Å². The molecule has 0 bridgehead atoms. The molecule has 1 aromatic rings. The number of nitrogens with zero attached hydrogens (tertiary/aromatic N) is 1. The molecular formula is C12H13NO3. The van der Waals surface area contributed by atoms with Crippen LogP contribution in [-0.2, 0) is 11.2 Å². The smallest absolute Gasteiger partial charge is 0.410 e. The highest BCUT2D eigenvalue weighted by Gasteiger charge is 2.37. The van der Waals surface area contributed by atoms with Gasteiger partial charge in [-0.15, -0.1) is 0 Å². The van der Waals surface area contributed by atoms with E-state index in [0.717, 1.165) is 18.7 Å². The van der Waals surface area contributed by atoms with Crippen LogP contribution in [0.25, 0.3) is 0 Å². The van der Waals surface area contributed by atoms with Crippen LogP contribution in [0.1, 0.15) is 17.2 Å². The summed E-state index contributed by atoms with van der Waals surface area (Å²) >= 11 is 0. The first-order valence-corrected chi connectivity index (χ1v) is 5.40. The molecule has 0 aliphatic carbocycles. The molecule has 84 valence electrons. The second-order valence-corrected chi connectivity index (χ2v) is 4.10. The summed E-state index contributed by atoms with van der Waals surface area (Å²) in [7, 11) is 1.67. The topological polar surface area (TPSA) is 38.8 Å². The minimum absolute atomic E-state index is 0.0992. The molecule has 1 amide bonds. The molecule has 4 heteroatoms. The second kappa shape index (κ2) is 3.40. The molecule has 1 saturated heterocycles. The molecule has 0 unspecified atom stereocenters. The molecule has 0 N–H and O–H groups in total. The van der Waals surface area contributed by atoms with Gasteiger partial charge < -0.3 is 9.47 Å². The van der Waals surface area contributed by atoms with Gasteiger partial charge in [-0.1, -0.05) is 6.07 Å². The number of benzene rings is 1. The number of methoxy groups -OCH3 is 1. The van der Waals surface area contributed by atoms with Crippen molar-refractivity contribution in [1.29, 1.82) is 0 Å². The van der Waals surface area contributed by atoms with E-state index in [0.29, 0.717) is 6.61 Å². The zero-order valence-corrected chi connectivity index (χ0v) is 9.10. The van der Waals surface area contributed by atoms with Gasteiger partial charge in [-0.2, -0.15) is 0 Å². The third-order valence-corrected chi connectivity index (χ3v) is 3.31. The highest BCUT2D eigenvalue weighted by molar-refractivity contribution is 5.71. The van der Waals surface area contributed by atoms with Crippen LogP contribution in [0.15, 0.2) is 18.2 Å². The van der Waals surface area contributed by atoms with Crippen molar-refractivity contribution in [3.05, 3.63) is 29.3 Å². The lowest BCUT2D eigenvalue weighted by Crippen LogP contribution is -2.34. The Labute approximate surface area is 93.8 Å². The molecule has 1 atom stereocenters. The molecule has 3 rings (SSSR count). The summed E-state index contributed by atoms with van der Waals surface area (Å²) in [5, 5.41) is 0. The fraction of sp³-hybridized carbons (Fsp3) is 0.417. The summed E-state index contributed by atoms with van der Waals surface area (Å²) in [5.41, 5.74) is 2.46. The van der Waals surface area contributed by atoms with Crippen molar-refractivity contribution >= 4 is 6.09 Å². The number of hydrogen-bond acceptors (Lipinski definition) is 3. The molecule has 4 nitrogen and oxygen atoms in total. The average molecular weight is 219 g/mol. The van der Waals surface area contributed by atoms with Gasteiger partial charge in [0.25, 0.3) is 0 Å². The van der Waals surface area contributed by atoms with E-state index in [1.165, 1.54) is 11.1 Å². The van der Waals surface area contributed by atoms with E-state index >= 15 is 0 Å². The molecule has 0 saturated carbocycles. The normalized spacial score (nSPS) is 22.4.